The summed E-state index contributed by atoms with van der Waals surface area (Å²) in [6.45, 7) is 4.02. The summed E-state index contributed by atoms with van der Waals surface area (Å²) < 4.78 is 38.6. The monoisotopic (exact) mass is 352 g/mol. The molecule has 2 rings (SSSR count). The molecule has 0 aliphatic heterocycles. The van der Waals surface area contributed by atoms with E-state index in [-0.39, 0.29) is 11.6 Å². The van der Waals surface area contributed by atoms with Crippen molar-refractivity contribution in [2.75, 3.05) is 18.9 Å². The Hall–Kier alpha value is -2.64. The van der Waals surface area contributed by atoms with Gasteiger partial charge in [-0.05, 0) is 23.8 Å². The lowest BCUT2D eigenvalue weighted by atomic mass is 9.83. The number of amides is 1. The molecule has 8 heteroatoms. The van der Waals surface area contributed by atoms with Crippen molar-refractivity contribution >= 4 is 11.7 Å². The van der Waals surface area contributed by atoms with Crippen LogP contribution in [0.2, 0.25) is 0 Å². The van der Waals surface area contributed by atoms with Gasteiger partial charge in [0.25, 0.3) is 5.91 Å². The molecular weight excluding hydrogens is 333 g/mol. The number of benzene rings is 1. The van der Waals surface area contributed by atoms with E-state index in [2.05, 4.69) is 20.8 Å². The van der Waals surface area contributed by atoms with E-state index in [9.17, 15) is 18.0 Å². The third kappa shape index (κ3) is 4.68. The maximum Gasteiger partial charge on any atom is 0.416 e. The molecule has 2 aromatic rings. The third-order valence-electron chi connectivity index (χ3n) is 3.81. The Bertz CT molecular complexity index is 742. The van der Waals surface area contributed by atoms with Crippen LogP contribution in [0, 0.1) is 0 Å². The van der Waals surface area contributed by atoms with Gasteiger partial charge in [0.1, 0.15) is 5.82 Å². The van der Waals surface area contributed by atoms with Gasteiger partial charge in [-0.1, -0.05) is 32.0 Å². The zero-order chi connectivity index (χ0) is 18.7. The largest absolute Gasteiger partial charge is 0.416 e. The van der Waals surface area contributed by atoms with Crippen LogP contribution in [0.3, 0.4) is 0 Å². The van der Waals surface area contributed by atoms with Crippen molar-refractivity contribution in [3.8, 4) is 0 Å². The summed E-state index contributed by atoms with van der Waals surface area (Å²) in [7, 11) is 1.49. The lowest BCUT2D eigenvalue weighted by molar-refractivity contribution is -0.137. The molecule has 1 amide bonds. The predicted molar refractivity (Wildman–Crippen MR) is 88.4 cm³/mol. The third-order valence-corrected chi connectivity index (χ3v) is 3.81. The summed E-state index contributed by atoms with van der Waals surface area (Å²) in [6.07, 6.45) is -4.37. The first-order valence-corrected chi connectivity index (χ1v) is 7.61. The Morgan fingerprint density at radius 3 is 2.32 bits per heavy atom. The first-order valence-electron chi connectivity index (χ1n) is 7.61. The standard InChI is InChI=1S/C17H19F3N4O/c1-16(2,11-5-4-6-12(9-11)17(18,19)20)10-22-14-8-7-13(23-24-14)15(25)21-3/h4-9H,10H2,1-3H3,(H,21,25)(H,22,24). The molecule has 1 heterocycles. The second-order valence-corrected chi connectivity index (χ2v) is 6.20. The van der Waals surface area contributed by atoms with E-state index in [0.29, 0.717) is 17.9 Å². The van der Waals surface area contributed by atoms with Crippen LogP contribution in [-0.2, 0) is 11.6 Å². The molecule has 0 bridgehead atoms. The Labute approximate surface area is 143 Å². The molecule has 0 saturated carbocycles. The number of hydrogen-bond acceptors (Lipinski definition) is 4. The Morgan fingerprint density at radius 2 is 1.76 bits per heavy atom. The number of carbonyl (C=O) groups excluding carboxylic acids is 1. The maximum absolute atomic E-state index is 12.9. The molecule has 0 atom stereocenters. The number of nitrogens with one attached hydrogen (secondary N) is 2. The normalized spacial score (nSPS) is 11.9. The lowest BCUT2D eigenvalue weighted by Gasteiger charge is -2.26. The molecular formula is C17H19F3N4O. The summed E-state index contributed by atoms with van der Waals surface area (Å²) in [4.78, 5) is 11.4. The van der Waals surface area contributed by atoms with E-state index in [4.69, 9.17) is 0 Å². The first-order chi connectivity index (χ1) is 11.6. The van der Waals surface area contributed by atoms with Gasteiger partial charge in [-0.2, -0.15) is 13.2 Å². The molecule has 0 spiro atoms. The van der Waals surface area contributed by atoms with Crippen LogP contribution < -0.4 is 10.6 Å². The van der Waals surface area contributed by atoms with Crippen molar-refractivity contribution < 1.29 is 18.0 Å². The van der Waals surface area contributed by atoms with Crippen molar-refractivity contribution in [1.82, 2.24) is 15.5 Å². The highest BCUT2D eigenvalue weighted by atomic mass is 19.4. The fourth-order valence-electron chi connectivity index (χ4n) is 2.21. The minimum atomic E-state index is -4.37. The highest BCUT2D eigenvalue weighted by Gasteiger charge is 2.32. The van der Waals surface area contributed by atoms with Crippen LogP contribution in [-0.4, -0.2) is 29.7 Å². The highest BCUT2D eigenvalue weighted by molar-refractivity contribution is 5.91. The number of anilines is 1. The molecule has 0 aliphatic rings. The van der Waals surface area contributed by atoms with Gasteiger partial charge < -0.3 is 10.6 Å². The van der Waals surface area contributed by atoms with E-state index >= 15 is 0 Å². The van der Waals surface area contributed by atoms with Crippen molar-refractivity contribution in [2.24, 2.45) is 0 Å². The predicted octanol–water partition coefficient (Wildman–Crippen LogP) is 3.24. The molecule has 5 nitrogen and oxygen atoms in total. The van der Waals surface area contributed by atoms with Gasteiger partial charge >= 0.3 is 6.18 Å². The molecule has 0 radical (unpaired) electrons. The Morgan fingerprint density at radius 1 is 1.08 bits per heavy atom. The van der Waals surface area contributed by atoms with Gasteiger partial charge in [0.05, 0.1) is 5.56 Å². The van der Waals surface area contributed by atoms with Crippen molar-refractivity contribution in [1.29, 1.82) is 0 Å². The first kappa shape index (κ1) is 18.7. The van der Waals surface area contributed by atoms with E-state index in [1.165, 1.54) is 19.2 Å². The quantitative estimate of drug-likeness (QED) is 0.867. The van der Waals surface area contributed by atoms with Gasteiger partial charge in [0, 0.05) is 19.0 Å². The zero-order valence-electron chi connectivity index (χ0n) is 14.1. The van der Waals surface area contributed by atoms with E-state index < -0.39 is 17.2 Å². The number of halogens is 3. The van der Waals surface area contributed by atoms with Gasteiger partial charge in [-0.15, -0.1) is 10.2 Å². The molecule has 134 valence electrons. The van der Waals surface area contributed by atoms with Crippen LogP contribution in [0.25, 0.3) is 0 Å². The van der Waals surface area contributed by atoms with Gasteiger partial charge in [-0.25, -0.2) is 0 Å². The highest BCUT2D eigenvalue weighted by Crippen LogP contribution is 2.32. The van der Waals surface area contributed by atoms with Gasteiger partial charge in [0.2, 0.25) is 0 Å². The summed E-state index contributed by atoms with van der Waals surface area (Å²) in [6, 6.07) is 8.39. The smallest absolute Gasteiger partial charge is 0.368 e. The minimum absolute atomic E-state index is 0.185. The number of nitrogens with zero attached hydrogens (tertiary/aromatic N) is 2. The SMILES string of the molecule is CNC(=O)c1ccc(NCC(C)(C)c2cccc(C(F)(F)F)c2)nn1. The Kier molecular flexibility index (Phi) is 5.30. The fourth-order valence-corrected chi connectivity index (χ4v) is 2.21. The number of hydrogen-bond donors (Lipinski definition) is 2. The van der Waals surface area contributed by atoms with Crippen LogP contribution in [0.5, 0.6) is 0 Å². The van der Waals surface area contributed by atoms with Crippen LogP contribution in [0.1, 0.15) is 35.5 Å². The van der Waals surface area contributed by atoms with Crippen molar-refractivity contribution in [3.05, 3.63) is 53.2 Å². The summed E-state index contributed by atoms with van der Waals surface area (Å²) in [5.41, 5.74) is -0.495. The molecule has 1 aromatic carbocycles. The van der Waals surface area contributed by atoms with E-state index in [1.807, 2.05) is 13.8 Å². The molecule has 25 heavy (non-hydrogen) atoms. The molecule has 0 fully saturated rings. The average molecular weight is 352 g/mol. The topological polar surface area (TPSA) is 66.9 Å². The van der Waals surface area contributed by atoms with E-state index in [1.54, 1.807) is 12.1 Å². The summed E-state index contributed by atoms with van der Waals surface area (Å²) in [5.74, 6) is 0.0936. The van der Waals surface area contributed by atoms with E-state index in [0.717, 1.165) is 12.1 Å². The zero-order valence-corrected chi connectivity index (χ0v) is 14.1. The van der Waals surface area contributed by atoms with Crippen LogP contribution >= 0.6 is 0 Å². The minimum Gasteiger partial charge on any atom is -0.368 e. The average Bonchev–Trinajstić information content (AvgIpc) is 2.59. The maximum atomic E-state index is 12.9. The molecule has 2 N–H and O–H groups in total. The summed E-state index contributed by atoms with van der Waals surface area (Å²) >= 11 is 0. The van der Waals surface area contributed by atoms with Crippen molar-refractivity contribution in [3.63, 3.8) is 0 Å². The molecule has 0 saturated heterocycles. The Balaban J connectivity index is 2.10. The number of rotatable bonds is 5. The lowest BCUT2D eigenvalue weighted by Crippen LogP contribution is -2.28. The van der Waals surface area contributed by atoms with Gasteiger partial charge in [-0.3, -0.25) is 4.79 Å². The summed E-state index contributed by atoms with van der Waals surface area (Å²) in [5, 5.41) is 13.2. The number of aromatic nitrogens is 2. The fraction of sp³-hybridized carbons (Fsp3) is 0.353. The van der Waals surface area contributed by atoms with Gasteiger partial charge in [0.15, 0.2) is 5.69 Å². The second-order valence-electron chi connectivity index (χ2n) is 6.20. The molecule has 1 aromatic heterocycles. The number of carbonyl (C=O) groups is 1. The molecule has 0 unspecified atom stereocenters. The number of alkyl halides is 3. The van der Waals surface area contributed by atoms with Crippen LogP contribution in [0.4, 0.5) is 19.0 Å². The van der Waals surface area contributed by atoms with Crippen molar-refractivity contribution in [2.45, 2.75) is 25.4 Å². The van der Waals surface area contributed by atoms with Crippen LogP contribution in [0.15, 0.2) is 36.4 Å². The molecule has 0 aliphatic carbocycles. The second kappa shape index (κ2) is 7.08.